The van der Waals surface area contributed by atoms with Crippen molar-refractivity contribution in [3.05, 3.63) is 58.6 Å². The van der Waals surface area contributed by atoms with Gasteiger partial charge in [0, 0.05) is 37.1 Å². The number of carbonyl (C=O) groups is 1. The number of rotatable bonds is 3. The second-order valence-electron chi connectivity index (χ2n) is 7.12. The number of benzene rings is 2. The summed E-state index contributed by atoms with van der Waals surface area (Å²) in [5, 5.41) is 12.2. The Bertz CT molecular complexity index is 907. The van der Waals surface area contributed by atoms with Gasteiger partial charge >= 0.3 is 0 Å². The molecular formula is C21H21ClN4O. The fourth-order valence-corrected chi connectivity index (χ4v) is 4.30. The number of para-hydroxylation sites is 1. The zero-order valence-corrected chi connectivity index (χ0v) is 15.7. The maximum Gasteiger partial charge on any atom is 0.238 e. The molecule has 2 aliphatic heterocycles. The van der Waals surface area contributed by atoms with E-state index in [1.54, 1.807) is 18.2 Å². The fourth-order valence-electron chi connectivity index (χ4n) is 4.08. The largest absolute Gasteiger partial charge is 0.367 e. The van der Waals surface area contributed by atoms with Crippen molar-refractivity contribution >= 4 is 28.9 Å². The van der Waals surface area contributed by atoms with E-state index in [1.165, 1.54) is 11.3 Å². The van der Waals surface area contributed by atoms with Gasteiger partial charge in [0.05, 0.1) is 17.1 Å². The Hall–Kier alpha value is -2.55. The fraction of sp³-hybridized carbons (Fsp3) is 0.333. The van der Waals surface area contributed by atoms with Gasteiger partial charge in [0.25, 0.3) is 0 Å². The molecule has 6 heteroatoms. The van der Waals surface area contributed by atoms with Crippen molar-refractivity contribution in [2.45, 2.75) is 18.9 Å². The lowest BCUT2D eigenvalue weighted by atomic mass is 10.1. The van der Waals surface area contributed by atoms with Gasteiger partial charge in [-0.05, 0) is 42.7 Å². The Balaban J connectivity index is 1.38. The molecule has 0 spiro atoms. The van der Waals surface area contributed by atoms with Crippen LogP contribution in [0.4, 0.5) is 11.4 Å². The van der Waals surface area contributed by atoms with Crippen LogP contribution < -0.4 is 10.2 Å². The molecule has 27 heavy (non-hydrogen) atoms. The lowest BCUT2D eigenvalue weighted by Crippen LogP contribution is -2.41. The molecule has 2 aromatic rings. The van der Waals surface area contributed by atoms with Crippen molar-refractivity contribution in [1.82, 2.24) is 4.90 Å². The summed E-state index contributed by atoms with van der Waals surface area (Å²) in [6.45, 7) is 3.19. The number of nitrogens with zero attached hydrogens (tertiary/aromatic N) is 3. The number of nitriles is 1. The van der Waals surface area contributed by atoms with E-state index in [4.69, 9.17) is 16.9 Å². The van der Waals surface area contributed by atoms with Crippen LogP contribution in [0.5, 0.6) is 0 Å². The van der Waals surface area contributed by atoms with Crippen LogP contribution in [0.2, 0.25) is 5.02 Å². The molecule has 138 valence electrons. The third-order valence-corrected chi connectivity index (χ3v) is 5.59. The van der Waals surface area contributed by atoms with Gasteiger partial charge in [-0.2, -0.15) is 5.26 Å². The minimum Gasteiger partial charge on any atom is -0.367 e. The van der Waals surface area contributed by atoms with Crippen LogP contribution in [0.15, 0.2) is 42.5 Å². The summed E-state index contributed by atoms with van der Waals surface area (Å²) in [5.74, 6) is -0.0558. The van der Waals surface area contributed by atoms with Crippen LogP contribution in [-0.4, -0.2) is 43.0 Å². The lowest BCUT2D eigenvalue weighted by molar-refractivity contribution is -0.117. The molecule has 0 radical (unpaired) electrons. The summed E-state index contributed by atoms with van der Waals surface area (Å²) in [6.07, 6.45) is 2.08. The smallest absolute Gasteiger partial charge is 0.238 e. The molecular weight excluding hydrogens is 360 g/mol. The molecule has 0 bridgehead atoms. The van der Waals surface area contributed by atoms with E-state index >= 15 is 0 Å². The predicted octanol–water partition coefficient (Wildman–Crippen LogP) is 3.29. The standard InChI is InChI=1S/C21H21ClN4O/c22-19-11-17(7-6-16(19)12-23)24-21(27)14-25-8-3-9-26-18(13-25)10-15-4-1-2-5-20(15)26/h1-2,4-7,11,18H,3,8-10,13-14H2,(H,24,27). The number of fused-ring (bicyclic) bond motifs is 3. The first kappa shape index (κ1) is 17.8. The molecule has 0 aromatic heterocycles. The number of halogens is 1. The van der Waals surface area contributed by atoms with Crippen LogP contribution in [0.3, 0.4) is 0 Å². The van der Waals surface area contributed by atoms with Gasteiger partial charge in [0.2, 0.25) is 5.91 Å². The second kappa shape index (κ2) is 7.59. The number of amides is 1. The highest BCUT2D eigenvalue weighted by Gasteiger charge is 2.32. The summed E-state index contributed by atoms with van der Waals surface area (Å²) in [6, 6.07) is 16.0. The summed E-state index contributed by atoms with van der Waals surface area (Å²) in [5.41, 5.74) is 3.78. The van der Waals surface area contributed by atoms with Gasteiger partial charge in [-0.1, -0.05) is 29.8 Å². The summed E-state index contributed by atoms with van der Waals surface area (Å²) in [4.78, 5) is 17.2. The van der Waals surface area contributed by atoms with E-state index in [2.05, 4.69) is 39.4 Å². The minimum absolute atomic E-state index is 0.0558. The van der Waals surface area contributed by atoms with E-state index in [0.29, 0.717) is 28.9 Å². The molecule has 0 saturated carbocycles. The number of nitrogens with one attached hydrogen (secondary N) is 1. The van der Waals surface area contributed by atoms with Gasteiger partial charge in [0.1, 0.15) is 6.07 Å². The molecule has 2 aliphatic rings. The molecule has 4 rings (SSSR count). The van der Waals surface area contributed by atoms with Gasteiger partial charge in [0.15, 0.2) is 0 Å². The van der Waals surface area contributed by atoms with E-state index in [1.807, 2.05) is 6.07 Å². The molecule has 5 nitrogen and oxygen atoms in total. The highest BCUT2D eigenvalue weighted by atomic mass is 35.5. The van der Waals surface area contributed by atoms with Crippen molar-refractivity contribution in [2.75, 3.05) is 36.4 Å². The lowest BCUT2D eigenvalue weighted by Gasteiger charge is -2.27. The van der Waals surface area contributed by atoms with E-state index in [0.717, 1.165) is 32.5 Å². The van der Waals surface area contributed by atoms with Crippen molar-refractivity contribution in [3.63, 3.8) is 0 Å². The Morgan fingerprint density at radius 3 is 2.93 bits per heavy atom. The number of anilines is 2. The molecule has 1 atom stereocenters. The Kier molecular flexibility index (Phi) is 5.02. The Labute approximate surface area is 164 Å². The van der Waals surface area contributed by atoms with E-state index in [-0.39, 0.29) is 5.91 Å². The first-order chi connectivity index (χ1) is 13.1. The molecule has 1 unspecified atom stereocenters. The van der Waals surface area contributed by atoms with E-state index in [9.17, 15) is 4.79 Å². The van der Waals surface area contributed by atoms with Crippen LogP contribution >= 0.6 is 11.6 Å². The zero-order chi connectivity index (χ0) is 18.8. The van der Waals surface area contributed by atoms with E-state index < -0.39 is 0 Å². The monoisotopic (exact) mass is 380 g/mol. The van der Waals surface area contributed by atoms with Crippen molar-refractivity contribution < 1.29 is 4.79 Å². The van der Waals surface area contributed by atoms with Crippen LogP contribution in [0.25, 0.3) is 0 Å². The van der Waals surface area contributed by atoms with Crippen LogP contribution in [-0.2, 0) is 11.2 Å². The summed E-state index contributed by atoms with van der Waals surface area (Å²) in [7, 11) is 0. The van der Waals surface area contributed by atoms with Gasteiger partial charge in [-0.15, -0.1) is 0 Å². The van der Waals surface area contributed by atoms with Gasteiger partial charge in [-0.3, -0.25) is 9.69 Å². The summed E-state index contributed by atoms with van der Waals surface area (Å²) < 4.78 is 0. The number of hydrogen-bond donors (Lipinski definition) is 1. The molecule has 2 aromatic carbocycles. The average molecular weight is 381 g/mol. The molecule has 1 saturated heterocycles. The van der Waals surface area contributed by atoms with Crippen LogP contribution in [0.1, 0.15) is 17.5 Å². The minimum atomic E-state index is -0.0558. The molecule has 1 fully saturated rings. The topological polar surface area (TPSA) is 59.4 Å². The first-order valence-corrected chi connectivity index (χ1v) is 9.58. The third kappa shape index (κ3) is 3.78. The van der Waals surface area contributed by atoms with Crippen molar-refractivity contribution in [1.29, 1.82) is 5.26 Å². The van der Waals surface area contributed by atoms with Crippen molar-refractivity contribution in [2.24, 2.45) is 0 Å². The Morgan fingerprint density at radius 2 is 2.11 bits per heavy atom. The number of carbonyl (C=O) groups excluding carboxylic acids is 1. The molecule has 1 N–H and O–H groups in total. The van der Waals surface area contributed by atoms with Crippen LogP contribution in [0, 0.1) is 11.3 Å². The quantitative estimate of drug-likeness (QED) is 0.887. The molecule has 2 heterocycles. The second-order valence-corrected chi connectivity index (χ2v) is 7.53. The maximum atomic E-state index is 12.5. The number of hydrogen-bond acceptors (Lipinski definition) is 4. The SMILES string of the molecule is N#Cc1ccc(NC(=O)CN2CCCN3c4ccccc4CC3C2)cc1Cl. The maximum absolute atomic E-state index is 12.5. The molecule has 0 aliphatic carbocycles. The highest BCUT2D eigenvalue weighted by Crippen LogP contribution is 2.33. The predicted molar refractivity (Wildman–Crippen MR) is 107 cm³/mol. The zero-order valence-electron chi connectivity index (χ0n) is 15.0. The van der Waals surface area contributed by atoms with Gasteiger partial charge < -0.3 is 10.2 Å². The third-order valence-electron chi connectivity index (χ3n) is 5.28. The Morgan fingerprint density at radius 1 is 1.26 bits per heavy atom. The first-order valence-electron chi connectivity index (χ1n) is 9.20. The normalized spacial score (nSPS) is 19.0. The highest BCUT2D eigenvalue weighted by molar-refractivity contribution is 6.32. The van der Waals surface area contributed by atoms with Crippen molar-refractivity contribution in [3.8, 4) is 6.07 Å². The molecule has 1 amide bonds. The average Bonchev–Trinajstić information content (AvgIpc) is 2.87. The summed E-state index contributed by atoms with van der Waals surface area (Å²) >= 11 is 6.04. The van der Waals surface area contributed by atoms with Gasteiger partial charge in [-0.25, -0.2) is 0 Å².